The molecule has 6 rings (SSSR count). The maximum absolute atomic E-state index is 12.8. The number of aliphatic hydroxyl groups is 1. The lowest BCUT2D eigenvalue weighted by atomic mass is 9.91. The number of benzene rings is 5. The van der Waals surface area contributed by atoms with Crippen molar-refractivity contribution in [3.8, 4) is 11.5 Å². The quantitative estimate of drug-likeness (QED) is 0.102. The van der Waals surface area contributed by atoms with E-state index in [1.165, 1.54) is 11.8 Å². The van der Waals surface area contributed by atoms with E-state index in [0.29, 0.717) is 27.8 Å². The smallest absolute Gasteiger partial charge is 0.336 e. The molecule has 1 saturated heterocycles. The van der Waals surface area contributed by atoms with Crippen LogP contribution >= 0.6 is 11.8 Å². The molecular formula is C39H36N2O7S. The number of thioether (sulfide) groups is 1. The number of anilines is 2. The van der Waals surface area contributed by atoms with Gasteiger partial charge in [-0.25, -0.2) is 9.59 Å². The maximum atomic E-state index is 12.8. The fourth-order valence-corrected chi connectivity index (χ4v) is 6.71. The zero-order chi connectivity index (χ0) is 34.2. The van der Waals surface area contributed by atoms with E-state index in [-0.39, 0.29) is 30.3 Å². The molecule has 1 aliphatic heterocycles. The third-order valence-electron chi connectivity index (χ3n) is 8.18. The molecule has 49 heavy (non-hydrogen) atoms. The van der Waals surface area contributed by atoms with Crippen LogP contribution in [-0.2, 0) is 16.1 Å². The number of rotatable bonds is 11. The van der Waals surface area contributed by atoms with Gasteiger partial charge in [-0.1, -0.05) is 73.7 Å². The normalized spacial score (nSPS) is 18.7. The van der Waals surface area contributed by atoms with Gasteiger partial charge in [-0.05, 0) is 71.8 Å². The molecule has 1 heterocycles. The molecule has 4 N–H and O–H groups in total. The maximum Gasteiger partial charge on any atom is 0.336 e. The standard InChI is InChI=1S/C39H36N2O7S/c1-25-34(24-49-35-10-6-5-9-33(35)37(43)44)47-38(48-36(25)27-13-11-26(23-42)12-14-27)28-15-17-29(18-16-28)40-39(45)41-30-19-21-32(22-20-30)46-31-7-3-2-4-8-31/h2-22,25,34,36,38,42H,23-24H2,1H3,(H,43,44)(H2,40,41,45). The summed E-state index contributed by atoms with van der Waals surface area (Å²) in [6, 6.07) is 38.0. The molecule has 0 saturated carbocycles. The Kier molecular flexibility index (Phi) is 10.9. The predicted octanol–water partition coefficient (Wildman–Crippen LogP) is 8.90. The van der Waals surface area contributed by atoms with Crippen LogP contribution in [0.5, 0.6) is 11.5 Å². The van der Waals surface area contributed by atoms with Crippen LogP contribution in [0, 0.1) is 5.92 Å². The molecule has 0 spiro atoms. The van der Waals surface area contributed by atoms with Crippen LogP contribution in [-0.4, -0.2) is 34.1 Å². The first-order valence-corrected chi connectivity index (χ1v) is 16.8. The molecule has 1 aliphatic rings. The SMILES string of the molecule is CC1C(CSc2ccccc2C(=O)O)OC(c2ccc(NC(=O)Nc3ccc(Oc4ccccc4)cc3)cc2)OC1c1ccc(CO)cc1. The number of aromatic carboxylic acids is 1. The fourth-order valence-electron chi connectivity index (χ4n) is 5.50. The Morgan fingerprint density at radius 1 is 0.735 bits per heavy atom. The van der Waals surface area contributed by atoms with Crippen molar-refractivity contribution in [2.24, 2.45) is 5.92 Å². The Morgan fingerprint density at radius 3 is 1.98 bits per heavy atom. The number of urea groups is 1. The van der Waals surface area contributed by atoms with Gasteiger partial charge in [-0.2, -0.15) is 0 Å². The van der Waals surface area contributed by atoms with E-state index in [9.17, 15) is 19.8 Å². The second-order valence-corrected chi connectivity index (χ2v) is 12.6. The van der Waals surface area contributed by atoms with Gasteiger partial charge in [0.25, 0.3) is 0 Å². The summed E-state index contributed by atoms with van der Waals surface area (Å²) in [6.07, 6.45) is -1.31. The van der Waals surface area contributed by atoms with Gasteiger partial charge in [-0.15, -0.1) is 11.8 Å². The lowest BCUT2D eigenvalue weighted by Gasteiger charge is -2.41. The first-order valence-electron chi connectivity index (χ1n) is 15.8. The molecule has 4 unspecified atom stereocenters. The average molecular weight is 677 g/mol. The summed E-state index contributed by atoms with van der Waals surface area (Å²) >= 11 is 1.44. The minimum Gasteiger partial charge on any atom is -0.478 e. The number of amides is 2. The lowest BCUT2D eigenvalue weighted by molar-refractivity contribution is -0.268. The van der Waals surface area contributed by atoms with Crippen molar-refractivity contribution in [1.82, 2.24) is 0 Å². The van der Waals surface area contributed by atoms with Crippen LogP contribution in [0.1, 0.15) is 46.4 Å². The van der Waals surface area contributed by atoms with Crippen molar-refractivity contribution in [2.45, 2.75) is 36.9 Å². The van der Waals surface area contributed by atoms with E-state index in [4.69, 9.17) is 14.2 Å². The lowest BCUT2D eigenvalue weighted by Crippen LogP contribution is -2.38. The minimum absolute atomic E-state index is 0.0518. The van der Waals surface area contributed by atoms with Gasteiger partial charge in [0.2, 0.25) is 0 Å². The van der Waals surface area contributed by atoms with E-state index in [2.05, 4.69) is 17.6 Å². The van der Waals surface area contributed by atoms with Crippen LogP contribution in [0.2, 0.25) is 0 Å². The number of nitrogens with one attached hydrogen (secondary N) is 2. The molecule has 0 radical (unpaired) electrons. The van der Waals surface area contributed by atoms with Crippen molar-refractivity contribution in [1.29, 1.82) is 0 Å². The van der Waals surface area contributed by atoms with Gasteiger partial charge in [0.1, 0.15) is 11.5 Å². The number of carboxylic acids is 1. The number of carbonyl (C=O) groups excluding carboxylic acids is 1. The summed E-state index contributed by atoms with van der Waals surface area (Å²) in [6.45, 7) is 2.01. The number of para-hydroxylation sites is 1. The molecular weight excluding hydrogens is 641 g/mol. The van der Waals surface area contributed by atoms with Gasteiger partial charge < -0.3 is 35.1 Å². The Labute approximate surface area is 288 Å². The highest BCUT2D eigenvalue weighted by Gasteiger charge is 2.38. The first kappa shape index (κ1) is 33.8. The van der Waals surface area contributed by atoms with Gasteiger partial charge in [0, 0.05) is 33.5 Å². The van der Waals surface area contributed by atoms with Gasteiger partial charge in [0.05, 0.1) is 24.4 Å². The second-order valence-electron chi connectivity index (χ2n) is 11.6. The van der Waals surface area contributed by atoms with E-state index in [1.54, 1.807) is 54.6 Å². The molecule has 0 bridgehead atoms. The van der Waals surface area contributed by atoms with Crippen LogP contribution in [0.3, 0.4) is 0 Å². The molecule has 1 fully saturated rings. The van der Waals surface area contributed by atoms with Gasteiger partial charge >= 0.3 is 12.0 Å². The van der Waals surface area contributed by atoms with Gasteiger partial charge in [-0.3, -0.25) is 0 Å². The summed E-state index contributed by atoms with van der Waals surface area (Å²) in [5.41, 5.74) is 3.97. The minimum atomic E-state index is -0.975. The number of hydrogen-bond donors (Lipinski definition) is 4. The zero-order valence-electron chi connectivity index (χ0n) is 26.7. The average Bonchev–Trinajstić information content (AvgIpc) is 3.13. The number of aliphatic hydroxyl groups excluding tert-OH is 1. The Bertz CT molecular complexity index is 1850. The van der Waals surface area contributed by atoms with Crippen molar-refractivity contribution in [3.05, 3.63) is 150 Å². The van der Waals surface area contributed by atoms with Crippen LogP contribution in [0.25, 0.3) is 0 Å². The summed E-state index contributed by atoms with van der Waals surface area (Å²) in [5.74, 6) is 0.855. The van der Waals surface area contributed by atoms with Crippen LogP contribution in [0.15, 0.2) is 132 Å². The van der Waals surface area contributed by atoms with Crippen molar-refractivity contribution in [3.63, 3.8) is 0 Å². The predicted molar refractivity (Wildman–Crippen MR) is 189 cm³/mol. The van der Waals surface area contributed by atoms with Crippen LogP contribution in [0.4, 0.5) is 16.2 Å². The number of carbonyl (C=O) groups is 2. The monoisotopic (exact) mass is 676 g/mol. The van der Waals surface area contributed by atoms with Crippen molar-refractivity contribution in [2.75, 3.05) is 16.4 Å². The van der Waals surface area contributed by atoms with Crippen LogP contribution < -0.4 is 15.4 Å². The Hall–Kier alpha value is -5.13. The van der Waals surface area contributed by atoms with Crippen molar-refractivity contribution >= 4 is 35.1 Å². The fraction of sp³-hybridized carbons (Fsp3) is 0.179. The molecule has 9 nitrogen and oxygen atoms in total. The summed E-state index contributed by atoms with van der Waals surface area (Å²) < 4.78 is 18.9. The summed E-state index contributed by atoms with van der Waals surface area (Å²) in [4.78, 5) is 25.2. The highest BCUT2D eigenvalue weighted by atomic mass is 32.2. The Balaban J connectivity index is 1.12. The second kappa shape index (κ2) is 15.8. The largest absolute Gasteiger partial charge is 0.478 e. The van der Waals surface area contributed by atoms with Gasteiger partial charge in [0.15, 0.2) is 6.29 Å². The van der Waals surface area contributed by atoms with E-state index >= 15 is 0 Å². The topological polar surface area (TPSA) is 126 Å². The summed E-state index contributed by atoms with van der Waals surface area (Å²) in [5, 5.41) is 24.9. The molecule has 0 aliphatic carbocycles. The highest BCUT2D eigenvalue weighted by Crippen LogP contribution is 2.43. The third-order valence-corrected chi connectivity index (χ3v) is 9.34. The Morgan fingerprint density at radius 2 is 1.33 bits per heavy atom. The molecule has 5 aromatic rings. The van der Waals surface area contributed by atoms with E-state index < -0.39 is 18.3 Å². The molecule has 250 valence electrons. The molecule has 5 aromatic carbocycles. The highest BCUT2D eigenvalue weighted by molar-refractivity contribution is 7.99. The number of ether oxygens (including phenoxy) is 3. The molecule has 2 amide bonds. The molecule has 4 atom stereocenters. The molecule has 0 aromatic heterocycles. The number of carboxylic acid groups (broad SMARTS) is 1. The molecule has 10 heteroatoms. The van der Waals surface area contributed by atoms with E-state index in [1.807, 2.05) is 72.8 Å². The zero-order valence-corrected chi connectivity index (χ0v) is 27.5. The van der Waals surface area contributed by atoms with E-state index in [0.717, 1.165) is 22.4 Å². The third kappa shape index (κ3) is 8.67. The summed E-state index contributed by atoms with van der Waals surface area (Å²) in [7, 11) is 0. The first-order chi connectivity index (χ1) is 23.9. The number of hydrogen-bond acceptors (Lipinski definition) is 7. The van der Waals surface area contributed by atoms with Crippen molar-refractivity contribution < 1.29 is 34.0 Å².